The fourth-order valence-corrected chi connectivity index (χ4v) is 13.5. The lowest BCUT2D eigenvalue weighted by atomic mass is 9.65. The summed E-state index contributed by atoms with van der Waals surface area (Å²) >= 11 is 0. The monoisotopic (exact) mass is 950 g/mol. The topological polar surface area (TPSA) is 6.48 Å². The van der Waals surface area contributed by atoms with Crippen molar-refractivity contribution in [3.05, 3.63) is 298 Å². The quantitative estimate of drug-likeness (QED) is 0.164. The maximum absolute atomic E-state index is 2.59. The van der Waals surface area contributed by atoms with E-state index in [4.69, 9.17) is 0 Å². The molecular weight excluding hydrogens is 893 g/mol. The fraction of sp³-hybridized carbons (Fsp3) is 0.139. The van der Waals surface area contributed by atoms with E-state index in [1.807, 2.05) is 0 Å². The number of fused-ring (bicyclic) bond motifs is 18. The molecule has 4 aliphatic rings. The predicted molar refractivity (Wildman–Crippen MR) is 310 cm³/mol. The van der Waals surface area contributed by atoms with Crippen LogP contribution in [0.15, 0.2) is 243 Å². The van der Waals surface area contributed by atoms with Crippen molar-refractivity contribution >= 4 is 45.3 Å². The number of hydrogen-bond donors (Lipinski definition) is 0. The number of rotatable bonds is 6. The van der Waals surface area contributed by atoms with Crippen molar-refractivity contribution in [3.8, 4) is 22.3 Å². The fourth-order valence-electron chi connectivity index (χ4n) is 13.5. The molecule has 10 aromatic carbocycles. The SMILES string of the molecule is CC(C)(C)c1ccc2c(c1)C1(C3=C(c4ccc(N(c5ccccc5)c5ccccc5)cc41)C1(c4cc(N(c5ccccc5)c5ccccc5)ccc43)c3ccccc3-c3ccc(C(C)(C)C)cc31)c1ccccc1-2. The van der Waals surface area contributed by atoms with Crippen molar-refractivity contribution < 1.29 is 0 Å². The van der Waals surface area contributed by atoms with Crippen LogP contribution in [0.1, 0.15) is 97.2 Å². The molecule has 0 aliphatic heterocycles. The van der Waals surface area contributed by atoms with E-state index in [2.05, 4.69) is 294 Å². The minimum absolute atomic E-state index is 0.0857. The first kappa shape index (κ1) is 44.3. The highest BCUT2D eigenvalue weighted by Crippen LogP contribution is 2.75. The molecule has 0 saturated carbocycles. The van der Waals surface area contributed by atoms with E-state index >= 15 is 0 Å². The maximum atomic E-state index is 2.59. The van der Waals surface area contributed by atoms with Gasteiger partial charge in [0.05, 0.1) is 10.8 Å². The van der Waals surface area contributed by atoms with Gasteiger partial charge in [0, 0.05) is 34.1 Å². The van der Waals surface area contributed by atoms with Gasteiger partial charge < -0.3 is 9.80 Å². The van der Waals surface area contributed by atoms with Gasteiger partial charge in [-0.15, -0.1) is 0 Å². The standard InChI is InChI=1S/C72H58N2/c1-69(2,3)47-35-39-57-55-31-19-21-33-61(55)71(63(57)43-47)65-45-53(73(49-23-11-7-12-24-49)50-25-13-8-14-26-50)37-41-59(65)68-67(71)60-42-38-54(74(51-27-15-9-16-28-51)52-29-17-10-18-30-52)46-66(60)72(68)62-34-22-20-32-56(62)58-40-36-48(44-64(58)72)70(4,5)6/h7-46H,1-6H3. The summed E-state index contributed by atoms with van der Waals surface area (Å²) in [5.41, 5.74) is 26.6. The minimum atomic E-state index is -0.676. The first-order chi connectivity index (χ1) is 36.0. The van der Waals surface area contributed by atoms with Crippen LogP contribution in [0, 0.1) is 0 Å². The zero-order valence-electron chi connectivity index (χ0n) is 43.0. The Kier molecular flexibility index (Phi) is 9.58. The third kappa shape index (κ3) is 6.12. The Labute approximate surface area is 436 Å². The second-order valence-corrected chi connectivity index (χ2v) is 22.8. The summed E-state index contributed by atoms with van der Waals surface area (Å²) < 4.78 is 0. The van der Waals surface area contributed by atoms with Crippen LogP contribution in [0.3, 0.4) is 0 Å². The number of para-hydroxylation sites is 4. The van der Waals surface area contributed by atoms with Gasteiger partial charge in [-0.25, -0.2) is 0 Å². The molecule has 74 heavy (non-hydrogen) atoms. The van der Waals surface area contributed by atoms with E-state index < -0.39 is 10.8 Å². The number of benzene rings is 10. The molecule has 0 N–H and O–H groups in total. The first-order valence-electron chi connectivity index (χ1n) is 26.3. The molecule has 10 aromatic rings. The average Bonchev–Trinajstić information content (AvgIpc) is 4.23. The van der Waals surface area contributed by atoms with E-state index in [0.717, 1.165) is 34.1 Å². The molecule has 356 valence electrons. The van der Waals surface area contributed by atoms with Gasteiger partial charge in [-0.1, -0.05) is 211 Å². The van der Waals surface area contributed by atoms with Crippen LogP contribution in [0.2, 0.25) is 0 Å². The summed E-state index contributed by atoms with van der Waals surface area (Å²) in [5, 5.41) is 0. The molecule has 2 spiro atoms. The highest BCUT2D eigenvalue weighted by molar-refractivity contribution is 6.20. The number of allylic oxidation sites excluding steroid dienone is 2. The van der Waals surface area contributed by atoms with Crippen molar-refractivity contribution in [2.24, 2.45) is 0 Å². The Balaban J connectivity index is 1.16. The van der Waals surface area contributed by atoms with Gasteiger partial charge >= 0.3 is 0 Å². The van der Waals surface area contributed by atoms with Crippen LogP contribution in [-0.2, 0) is 21.7 Å². The van der Waals surface area contributed by atoms with Gasteiger partial charge in [0.2, 0.25) is 0 Å². The Hall–Kier alpha value is -8.46. The van der Waals surface area contributed by atoms with Crippen LogP contribution in [0.4, 0.5) is 34.1 Å². The molecule has 2 atom stereocenters. The van der Waals surface area contributed by atoms with Gasteiger partial charge in [-0.05, 0) is 173 Å². The first-order valence-corrected chi connectivity index (χ1v) is 26.3. The molecule has 0 saturated heterocycles. The normalized spacial score (nSPS) is 17.4. The van der Waals surface area contributed by atoms with Gasteiger partial charge in [0.1, 0.15) is 0 Å². The summed E-state index contributed by atoms with van der Waals surface area (Å²) in [7, 11) is 0. The molecule has 0 bridgehead atoms. The smallest absolute Gasteiger partial charge is 0.0729 e. The van der Waals surface area contributed by atoms with Crippen molar-refractivity contribution in [2.75, 3.05) is 9.80 Å². The molecule has 0 aromatic heterocycles. The van der Waals surface area contributed by atoms with E-state index in [0.29, 0.717) is 0 Å². The van der Waals surface area contributed by atoms with Crippen LogP contribution in [-0.4, -0.2) is 0 Å². The number of anilines is 6. The Morgan fingerprint density at radius 3 is 0.865 bits per heavy atom. The molecule has 0 heterocycles. The number of nitrogens with zero attached hydrogens (tertiary/aromatic N) is 2. The highest BCUT2D eigenvalue weighted by atomic mass is 15.1. The number of hydrogen-bond acceptors (Lipinski definition) is 2. The summed E-state index contributed by atoms with van der Waals surface area (Å²) in [5.74, 6) is 0. The lowest BCUT2D eigenvalue weighted by Gasteiger charge is -2.37. The van der Waals surface area contributed by atoms with Gasteiger partial charge in [0.25, 0.3) is 0 Å². The summed E-state index contributed by atoms with van der Waals surface area (Å²) in [6.07, 6.45) is 0. The second-order valence-electron chi connectivity index (χ2n) is 22.8. The summed E-state index contributed by atoms with van der Waals surface area (Å²) in [6, 6.07) is 92.1. The maximum Gasteiger partial charge on any atom is 0.0729 e. The molecule has 14 rings (SSSR count). The molecule has 4 aliphatic carbocycles. The molecule has 2 nitrogen and oxygen atoms in total. The van der Waals surface area contributed by atoms with Gasteiger partial charge in [-0.3, -0.25) is 0 Å². The van der Waals surface area contributed by atoms with Gasteiger partial charge in [0.15, 0.2) is 0 Å². The van der Waals surface area contributed by atoms with E-state index in [1.54, 1.807) is 0 Å². The molecular formula is C72H58N2. The van der Waals surface area contributed by atoms with Crippen molar-refractivity contribution in [1.29, 1.82) is 0 Å². The highest BCUT2D eigenvalue weighted by Gasteiger charge is 2.64. The van der Waals surface area contributed by atoms with Crippen molar-refractivity contribution in [3.63, 3.8) is 0 Å². The van der Waals surface area contributed by atoms with Crippen LogP contribution < -0.4 is 9.80 Å². The van der Waals surface area contributed by atoms with Crippen LogP contribution in [0.5, 0.6) is 0 Å². The second kappa shape index (κ2) is 16.0. The summed E-state index contributed by atoms with van der Waals surface area (Å²) in [4.78, 5) is 4.89. The zero-order chi connectivity index (χ0) is 50.1. The Bertz CT molecular complexity index is 3570. The van der Waals surface area contributed by atoms with Crippen LogP contribution in [0.25, 0.3) is 33.4 Å². The molecule has 0 radical (unpaired) electrons. The lowest BCUT2D eigenvalue weighted by molar-refractivity contribution is 0.588. The third-order valence-electron chi connectivity index (χ3n) is 16.7. The van der Waals surface area contributed by atoms with E-state index in [-0.39, 0.29) is 10.8 Å². The molecule has 0 fully saturated rings. The lowest BCUT2D eigenvalue weighted by Crippen LogP contribution is -2.29. The van der Waals surface area contributed by atoms with E-state index in [1.165, 1.54) is 89.0 Å². The van der Waals surface area contributed by atoms with Gasteiger partial charge in [-0.2, -0.15) is 0 Å². The zero-order valence-corrected chi connectivity index (χ0v) is 43.0. The molecule has 2 heteroatoms. The van der Waals surface area contributed by atoms with Crippen molar-refractivity contribution in [1.82, 2.24) is 0 Å². The molecule has 0 amide bonds. The summed E-state index contributed by atoms with van der Waals surface area (Å²) in [6.45, 7) is 14.2. The minimum Gasteiger partial charge on any atom is -0.310 e. The van der Waals surface area contributed by atoms with Crippen LogP contribution >= 0.6 is 0 Å². The Morgan fingerprint density at radius 2 is 0.527 bits per heavy atom. The third-order valence-corrected chi connectivity index (χ3v) is 16.7. The van der Waals surface area contributed by atoms with Crippen molar-refractivity contribution in [2.45, 2.75) is 63.2 Å². The Morgan fingerprint density at radius 1 is 0.243 bits per heavy atom. The predicted octanol–water partition coefficient (Wildman–Crippen LogP) is 18.8. The largest absolute Gasteiger partial charge is 0.310 e. The molecule has 2 unspecified atom stereocenters. The van der Waals surface area contributed by atoms with E-state index in [9.17, 15) is 0 Å². The average molecular weight is 951 g/mol.